The molecule has 1 aliphatic heterocycles. The summed E-state index contributed by atoms with van der Waals surface area (Å²) in [6.45, 7) is 14.8. The Morgan fingerprint density at radius 3 is 2.21 bits per heavy atom. The second kappa shape index (κ2) is 12.2. The number of carbonyl (C=O) groups is 3. The van der Waals surface area contributed by atoms with Gasteiger partial charge < -0.3 is 9.33 Å². The van der Waals surface area contributed by atoms with Crippen LogP contribution < -0.4 is 15.3 Å². The van der Waals surface area contributed by atoms with Crippen LogP contribution in [0.4, 0.5) is 4.39 Å². The van der Waals surface area contributed by atoms with E-state index < -0.39 is 20.1 Å². The maximum atomic E-state index is 13.7. The molecule has 8 nitrogen and oxygen atoms in total. The van der Waals surface area contributed by atoms with E-state index in [4.69, 9.17) is 9.41 Å². The van der Waals surface area contributed by atoms with Crippen LogP contribution in [0.3, 0.4) is 0 Å². The minimum atomic E-state index is -2.51. The number of hydrazine groups is 1. The summed E-state index contributed by atoms with van der Waals surface area (Å²) in [6, 6.07) is 8.32. The highest BCUT2D eigenvalue weighted by Gasteiger charge is 2.49. The van der Waals surface area contributed by atoms with Crippen LogP contribution in [-0.4, -0.2) is 43.0 Å². The fourth-order valence-corrected chi connectivity index (χ4v) is 11.8. The van der Waals surface area contributed by atoms with Gasteiger partial charge in [-0.15, -0.1) is 0 Å². The van der Waals surface area contributed by atoms with Gasteiger partial charge in [-0.2, -0.15) is 0 Å². The van der Waals surface area contributed by atoms with Crippen LogP contribution in [0.25, 0.3) is 10.9 Å². The van der Waals surface area contributed by atoms with Crippen molar-refractivity contribution in [3.8, 4) is 5.75 Å². The van der Waals surface area contributed by atoms with Crippen LogP contribution in [0.15, 0.2) is 36.5 Å². The van der Waals surface area contributed by atoms with Crippen molar-refractivity contribution in [2.75, 3.05) is 7.05 Å². The van der Waals surface area contributed by atoms with Crippen molar-refractivity contribution in [2.24, 2.45) is 0 Å². The molecule has 2 aromatic carbocycles. The zero-order chi connectivity index (χ0) is 30.9. The summed E-state index contributed by atoms with van der Waals surface area (Å²) < 4.78 is 20.7. The molecule has 1 aromatic heterocycles. The van der Waals surface area contributed by atoms with Gasteiger partial charge in [0.15, 0.2) is 0 Å². The predicted molar refractivity (Wildman–Crippen MR) is 164 cm³/mol. The van der Waals surface area contributed by atoms with E-state index in [9.17, 15) is 18.8 Å². The lowest BCUT2D eigenvalue weighted by atomic mass is 9.93. The first-order valence-corrected chi connectivity index (χ1v) is 16.6. The molecule has 42 heavy (non-hydrogen) atoms. The van der Waals surface area contributed by atoms with Crippen LogP contribution in [-0.2, 0) is 29.0 Å². The third kappa shape index (κ3) is 5.90. The fourth-order valence-electron chi connectivity index (χ4n) is 6.52. The van der Waals surface area contributed by atoms with E-state index >= 15 is 0 Å². The van der Waals surface area contributed by atoms with Gasteiger partial charge in [-0.3, -0.25) is 30.2 Å². The Morgan fingerprint density at radius 1 is 1.02 bits per heavy atom. The molecule has 0 spiro atoms. The van der Waals surface area contributed by atoms with Crippen molar-refractivity contribution in [3.05, 3.63) is 70.2 Å². The standard InChI is InChI=1S/C32H41FN4O4Si/c1-18(2)42(19(3)4,20(5)6)41-31-29-27(17-37(8)32(29)40)25(15-28(39)36-35-21(7)38)26-14-23(16-34-30(26)31)13-22-9-11-24(33)12-10-22/h9-12,14,16,18-20H,13,15,17H2,1-8H3,(H,35,38)(H,36,39). The number of carbonyl (C=O) groups excluding carboxylic acids is 3. The van der Waals surface area contributed by atoms with E-state index in [1.54, 1.807) is 30.3 Å². The fraction of sp³-hybridized carbons (Fsp3) is 0.438. The monoisotopic (exact) mass is 592 g/mol. The summed E-state index contributed by atoms with van der Waals surface area (Å²) in [4.78, 5) is 44.7. The Labute approximate surface area is 248 Å². The third-order valence-electron chi connectivity index (χ3n) is 8.36. The summed E-state index contributed by atoms with van der Waals surface area (Å²) in [6.07, 6.45) is 2.21. The average molecular weight is 593 g/mol. The highest BCUT2D eigenvalue weighted by atomic mass is 28.4. The summed E-state index contributed by atoms with van der Waals surface area (Å²) in [5.74, 6) is -0.776. The van der Waals surface area contributed by atoms with Crippen molar-refractivity contribution in [3.63, 3.8) is 0 Å². The molecular formula is C32H41FN4O4Si. The molecule has 3 amide bonds. The van der Waals surface area contributed by atoms with Crippen molar-refractivity contribution < 1.29 is 23.2 Å². The normalized spacial score (nSPS) is 13.3. The number of pyridine rings is 1. The van der Waals surface area contributed by atoms with E-state index in [2.05, 4.69) is 52.4 Å². The van der Waals surface area contributed by atoms with Crippen LogP contribution in [0, 0.1) is 5.82 Å². The maximum absolute atomic E-state index is 13.7. The van der Waals surface area contributed by atoms with E-state index in [0.29, 0.717) is 35.4 Å². The summed E-state index contributed by atoms with van der Waals surface area (Å²) in [5.41, 5.74) is 9.79. The Hall–Kier alpha value is -3.79. The molecule has 1 aliphatic rings. The van der Waals surface area contributed by atoms with Gasteiger partial charge in [0.1, 0.15) is 17.1 Å². The molecule has 0 aliphatic carbocycles. The Morgan fingerprint density at radius 2 is 1.64 bits per heavy atom. The van der Waals surface area contributed by atoms with Crippen molar-refractivity contribution in [1.29, 1.82) is 0 Å². The number of benzene rings is 2. The molecule has 0 bridgehead atoms. The molecule has 0 saturated heterocycles. The first-order valence-electron chi connectivity index (χ1n) is 14.5. The zero-order valence-corrected chi connectivity index (χ0v) is 26.7. The average Bonchev–Trinajstić information content (AvgIpc) is 3.21. The molecule has 3 aromatic rings. The second-order valence-electron chi connectivity index (χ2n) is 12.2. The third-order valence-corrected chi connectivity index (χ3v) is 14.3. The largest absolute Gasteiger partial charge is 0.541 e. The minimum absolute atomic E-state index is 0.0662. The first-order chi connectivity index (χ1) is 19.8. The van der Waals surface area contributed by atoms with Crippen LogP contribution in [0.5, 0.6) is 5.75 Å². The number of nitrogens with one attached hydrogen (secondary N) is 2. The number of amides is 3. The van der Waals surface area contributed by atoms with Gasteiger partial charge in [0.25, 0.3) is 14.2 Å². The Kier molecular flexibility index (Phi) is 9.05. The molecule has 0 radical (unpaired) electrons. The molecule has 2 heterocycles. The molecule has 10 heteroatoms. The minimum Gasteiger partial charge on any atom is -0.541 e. The van der Waals surface area contributed by atoms with Crippen LogP contribution in [0.2, 0.25) is 16.6 Å². The summed E-state index contributed by atoms with van der Waals surface area (Å²) in [7, 11) is -0.768. The van der Waals surface area contributed by atoms with Gasteiger partial charge in [0.2, 0.25) is 11.8 Å². The van der Waals surface area contributed by atoms with E-state index in [-0.39, 0.29) is 34.8 Å². The number of nitrogens with zero attached hydrogens (tertiary/aromatic N) is 2. The SMILES string of the molecule is CC(=O)NNC(=O)Cc1c2c(c(O[Si](C(C)C)(C(C)C)C(C)C)c3ncc(Cc4ccc(F)cc4)cc13)C(=O)N(C)C2. The highest BCUT2D eigenvalue weighted by molar-refractivity contribution is 6.78. The molecule has 0 atom stereocenters. The Bertz CT molecular complexity index is 1500. The van der Waals surface area contributed by atoms with Gasteiger partial charge in [0, 0.05) is 32.1 Å². The number of rotatable bonds is 9. The molecule has 0 fully saturated rings. The number of aromatic nitrogens is 1. The second-order valence-corrected chi connectivity index (χ2v) is 17.6. The van der Waals surface area contributed by atoms with Crippen molar-refractivity contribution in [2.45, 2.75) is 84.5 Å². The summed E-state index contributed by atoms with van der Waals surface area (Å²) >= 11 is 0. The van der Waals surface area contributed by atoms with E-state index in [1.807, 2.05) is 6.07 Å². The zero-order valence-electron chi connectivity index (χ0n) is 25.7. The number of fused-ring (bicyclic) bond motifs is 2. The number of halogens is 1. The lowest BCUT2D eigenvalue weighted by molar-refractivity contribution is -0.127. The van der Waals surface area contributed by atoms with E-state index in [1.165, 1.54) is 19.1 Å². The Balaban J connectivity index is 1.98. The molecular weight excluding hydrogens is 551 g/mol. The molecule has 224 valence electrons. The van der Waals surface area contributed by atoms with Crippen molar-refractivity contribution in [1.82, 2.24) is 20.7 Å². The van der Waals surface area contributed by atoms with Gasteiger partial charge in [-0.1, -0.05) is 53.7 Å². The van der Waals surface area contributed by atoms with Gasteiger partial charge in [-0.05, 0) is 63.5 Å². The van der Waals surface area contributed by atoms with Gasteiger partial charge >= 0.3 is 0 Å². The van der Waals surface area contributed by atoms with Crippen LogP contribution >= 0.6 is 0 Å². The molecule has 4 rings (SSSR count). The lowest BCUT2D eigenvalue weighted by Crippen LogP contribution is -2.51. The number of hydrogen-bond acceptors (Lipinski definition) is 5. The molecule has 2 N–H and O–H groups in total. The highest BCUT2D eigenvalue weighted by Crippen LogP contribution is 2.47. The predicted octanol–water partition coefficient (Wildman–Crippen LogP) is 5.81. The van der Waals surface area contributed by atoms with E-state index in [0.717, 1.165) is 22.1 Å². The maximum Gasteiger partial charge on any atom is 0.258 e. The van der Waals surface area contributed by atoms with Gasteiger partial charge in [0.05, 0.1) is 12.0 Å². The van der Waals surface area contributed by atoms with Crippen LogP contribution in [0.1, 0.15) is 81.1 Å². The molecule has 0 saturated carbocycles. The molecule has 0 unspecified atom stereocenters. The number of hydrogen-bond donors (Lipinski definition) is 2. The summed E-state index contributed by atoms with van der Waals surface area (Å²) in [5, 5.41) is 0.726. The smallest absolute Gasteiger partial charge is 0.258 e. The van der Waals surface area contributed by atoms with Crippen molar-refractivity contribution >= 4 is 36.9 Å². The topological polar surface area (TPSA) is 101 Å². The lowest BCUT2D eigenvalue weighted by Gasteiger charge is -2.42. The quantitative estimate of drug-likeness (QED) is 0.241. The van der Waals surface area contributed by atoms with Gasteiger partial charge in [-0.25, -0.2) is 4.39 Å². The first kappa shape index (κ1) is 31.1.